The summed E-state index contributed by atoms with van der Waals surface area (Å²) in [6, 6.07) is 4.53. The Morgan fingerprint density at radius 2 is 2.26 bits per heavy atom. The second-order valence-electron chi connectivity index (χ2n) is 5.31. The lowest BCUT2D eigenvalue weighted by Gasteiger charge is -2.15. The van der Waals surface area contributed by atoms with Crippen molar-refractivity contribution in [2.45, 2.75) is 32.0 Å². The Labute approximate surface area is 114 Å². The molecule has 1 fully saturated rings. The van der Waals surface area contributed by atoms with Crippen LogP contribution in [0.5, 0.6) is 0 Å². The fourth-order valence-electron chi connectivity index (χ4n) is 2.52. The molecular weight excluding hydrogens is 242 g/mol. The molecule has 1 saturated heterocycles. The van der Waals surface area contributed by atoms with Crippen molar-refractivity contribution in [3.63, 3.8) is 0 Å². The standard InChI is InChI=1S/C14H23N3O2/c1-11-8-13(9-16(11)2)15-12-4-5-14(18)17(10-12)6-7-19-3/h4-5,10-11,13,15H,6-9H2,1-3H3. The molecule has 1 aliphatic heterocycles. The van der Waals surface area contributed by atoms with Gasteiger partial charge in [0, 0.05) is 44.5 Å². The lowest BCUT2D eigenvalue weighted by molar-refractivity contribution is 0.186. The van der Waals surface area contributed by atoms with Gasteiger partial charge in [0.2, 0.25) is 0 Å². The molecule has 0 aromatic carbocycles. The van der Waals surface area contributed by atoms with Gasteiger partial charge in [-0.1, -0.05) is 0 Å². The van der Waals surface area contributed by atoms with Gasteiger partial charge in [-0.25, -0.2) is 0 Å². The number of rotatable bonds is 5. The average molecular weight is 265 g/mol. The molecule has 19 heavy (non-hydrogen) atoms. The van der Waals surface area contributed by atoms with E-state index in [1.807, 2.05) is 12.3 Å². The van der Waals surface area contributed by atoms with Crippen LogP contribution in [0.25, 0.3) is 0 Å². The van der Waals surface area contributed by atoms with Gasteiger partial charge in [0.05, 0.1) is 12.3 Å². The molecule has 1 aromatic rings. The Hall–Kier alpha value is -1.33. The van der Waals surface area contributed by atoms with E-state index >= 15 is 0 Å². The normalized spacial score (nSPS) is 23.7. The monoisotopic (exact) mass is 265 g/mol. The summed E-state index contributed by atoms with van der Waals surface area (Å²) >= 11 is 0. The minimum atomic E-state index is 0.0134. The van der Waals surface area contributed by atoms with Crippen molar-refractivity contribution < 1.29 is 4.74 Å². The third-order valence-corrected chi connectivity index (χ3v) is 3.78. The fraction of sp³-hybridized carbons (Fsp3) is 0.643. The number of hydrogen-bond donors (Lipinski definition) is 1. The lowest BCUT2D eigenvalue weighted by Crippen LogP contribution is -2.26. The quantitative estimate of drug-likeness (QED) is 0.863. The second-order valence-corrected chi connectivity index (χ2v) is 5.31. The van der Waals surface area contributed by atoms with Gasteiger partial charge in [0.1, 0.15) is 0 Å². The number of likely N-dealkylation sites (tertiary alicyclic amines) is 1. The summed E-state index contributed by atoms with van der Waals surface area (Å²) in [5, 5.41) is 3.50. The van der Waals surface area contributed by atoms with E-state index in [0.717, 1.165) is 18.7 Å². The molecule has 0 aliphatic carbocycles. The van der Waals surface area contributed by atoms with E-state index in [1.165, 1.54) is 0 Å². The summed E-state index contributed by atoms with van der Waals surface area (Å²) in [4.78, 5) is 14.0. The number of nitrogens with one attached hydrogen (secondary N) is 1. The van der Waals surface area contributed by atoms with E-state index in [1.54, 1.807) is 17.7 Å². The van der Waals surface area contributed by atoms with Gasteiger partial charge in [-0.05, 0) is 26.5 Å². The summed E-state index contributed by atoms with van der Waals surface area (Å²) in [6.45, 7) is 4.41. The maximum Gasteiger partial charge on any atom is 0.250 e. The number of nitrogens with zero attached hydrogens (tertiary/aromatic N) is 2. The van der Waals surface area contributed by atoms with Crippen LogP contribution in [0.15, 0.2) is 23.1 Å². The van der Waals surface area contributed by atoms with Crippen LogP contribution in [0, 0.1) is 0 Å². The molecule has 2 unspecified atom stereocenters. The van der Waals surface area contributed by atoms with Gasteiger partial charge in [-0.15, -0.1) is 0 Å². The van der Waals surface area contributed by atoms with E-state index in [4.69, 9.17) is 4.74 Å². The largest absolute Gasteiger partial charge is 0.383 e. The van der Waals surface area contributed by atoms with Gasteiger partial charge in [0.25, 0.3) is 5.56 Å². The van der Waals surface area contributed by atoms with Gasteiger partial charge in [0.15, 0.2) is 0 Å². The van der Waals surface area contributed by atoms with E-state index in [2.05, 4.69) is 24.2 Å². The van der Waals surface area contributed by atoms with Crippen molar-refractivity contribution in [2.75, 3.05) is 32.6 Å². The zero-order chi connectivity index (χ0) is 13.8. The Balaban J connectivity index is 2.03. The van der Waals surface area contributed by atoms with Crippen LogP contribution in [0.2, 0.25) is 0 Å². The van der Waals surface area contributed by atoms with Crippen LogP contribution in [0.3, 0.4) is 0 Å². The Kier molecular flexibility index (Phi) is 4.61. The van der Waals surface area contributed by atoms with Crippen LogP contribution in [-0.4, -0.2) is 48.9 Å². The summed E-state index contributed by atoms with van der Waals surface area (Å²) in [5.41, 5.74) is 1.02. The van der Waals surface area contributed by atoms with E-state index in [-0.39, 0.29) is 5.56 Å². The SMILES string of the molecule is COCCn1cc(NC2CC(C)N(C)C2)ccc1=O. The summed E-state index contributed by atoms with van der Waals surface area (Å²) in [6.07, 6.45) is 3.01. The smallest absolute Gasteiger partial charge is 0.250 e. The van der Waals surface area contributed by atoms with Gasteiger partial charge in [-0.2, -0.15) is 0 Å². The molecule has 0 saturated carbocycles. The van der Waals surface area contributed by atoms with Crippen molar-refractivity contribution in [3.05, 3.63) is 28.7 Å². The van der Waals surface area contributed by atoms with Crippen molar-refractivity contribution in [3.8, 4) is 0 Å². The summed E-state index contributed by atoms with van der Waals surface area (Å²) in [5.74, 6) is 0. The highest BCUT2D eigenvalue weighted by Crippen LogP contribution is 2.18. The van der Waals surface area contributed by atoms with Crippen molar-refractivity contribution in [2.24, 2.45) is 0 Å². The number of ether oxygens (including phenoxy) is 1. The highest BCUT2D eigenvalue weighted by atomic mass is 16.5. The maximum atomic E-state index is 11.7. The Bertz CT molecular complexity index is 462. The van der Waals surface area contributed by atoms with Crippen molar-refractivity contribution in [1.29, 1.82) is 0 Å². The second kappa shape index (κ2) is 6.21. The van der Waals surface area contributed by atoms with E-state index in [0.29, 0.717) is 25.2 Å². The van der Waals surface area contributed by atoms with Crippen molar-refractivity contribution >= 4 is 5.69 Å². The van der Waals surface area contributed by atoms with Crippen molar-refractivity contribution in [1.82, 2.24) is 9.47 Å². The molecule has 5 heteroatoms. The predicted octanol–water partition coefficient (Wildman–Crippen LogP) is 0.999. The third kappa shape index (κ3) is 3.58. The predicted molar refractivity (Wildman–Crippen MR) is 76.7 cm³/mol. The zero-order valence-electron chi connectivity index (χ0n) is 11.9. The highest BCUT2D eigenvalue weighted by molar-refractivity contribution is 5.41. The fourth-order valence-corrected chi connectivity index (χ4v) is 2.52. The molecular formula is C14H23N3O2. The molecule has 2 heterocycles. The highest BCUT2D eigenvalue weighted by Gasteiger charge is 2.25. The first-order valence-electron chi connectivity index (χ1n) is 6.76. The topological polar surface area (TPSA) is 46.5 Å². The minimum Gasteiger partial charge on any atom is -0.383 e. The molecule has 1 N–H and O–H groups in total. The van der Waals surface area contributed by atoms with E-state index in [9.17, 15) is 4.79 Å². The molecule has 0 spiro atoms. The molecule has 106 valence electrons. The molecule has 1 aromatic heterocycles. The third-order valence-electron chi connectivity index (χ3n) is 3.78. The summed E-state index contributed by atoms with van der Waals surface area (Å²) < 4.78 is 6.70. The number of anilines is 1. The molecule has 1 aliphatic rings. The molecule has 0 amide bonds. The lowest BCUT2D eigenvalue weighted by atomic mass is 10.2. The van der Waals surface area contributed by atoms with Gasteiger partial charge < -0.3 is 19.5 Å². The average Bonchev–Trinajstić information content (AvgIpc) is 2.69. The number of pyridine rings is 1. The maximum absolute atomic E-state index is 11.7. The van der Waals surface area contributed by atoms with Crippen LogP contribution in [0.4, 0.5) is 5.69 Å². The Morgan fingerprint density at radius 3 is 2.89 bits per heavy atom. The first-order valence-corrected chi connectivity index (χ1v) is 6.76. The molecule has 2 rings (SSSR count). The van der Waals surface area contributed by atoms with Crippen LogP contribution >= 0.6 is 0 Å². The number of aromatic nitrogens is 1. The van der Waals surface area contributed by atoms with Gasteiger partial charge in [-0.3, -0.25) is 4.79 Å². The first-order chi connectivity index (χ1) is 9.10. The van der Waals surface area contributed by atoms with Crippen LogP contribution in [-0.2, 0) is 11.3 Å². The number of hydrogen-bond acceptors (Lipinski definition) is 4. The first kappa shape index (κ1) is 14.1. The molecule has 0 bridgehead atoms. The molecule has 2 atom stereocenters. The van der Waals surface area contributed by atoms with Crippen LogP contribution in [0.1, 0.15) is 13.3 Å². The Morgan fingerprint density at radius 1 is 1.47 bits per heavy atom. The van der Waals surface area contributed by atoms with Crippen LogP contribution < -0.4 is 10.9 Å². The summed E-state index contributed by atoms with van der Waals surface area (Å²) in [7, 11) is 3.79. The van der Waals surface area contributed by atoms with Gasteiger partial charge >= 0.3 is 0 Å². The van der Waals surface area contributed by atoms with E-state index < -0.39 is 0 Å². The molecule has 0 radical (unpaired) electrons. The number of likely N-dealkylation sites (N-methyl/N-ethyl adjacent to an activating group) is 1. The minimum absolute atomic E-state index is 0.0134. The number of methoxy groups -OCH3 is 1. The molecule has 5 nitrogen and oxygen atoms in total. The zero-order valence-corrected chi connectivity index (χ0v) is 11.9.